The lowest BCUT2D eigenvalue weighted by Gasteiger charge is -2.38. The monoisotopic (exact) mass is 623 g/mol. The van der Waals surface area contributed by atoms with Crippen molar-refractivity contribution in [2.75, 3.05) is 43.4 Å². The number of benzene rings is 3. The van der Waals surface area contributed by atoms with E-state index in [1.807, 2.05) is 0 Å². The predicted octanol–water partition coefficient (Wildman–Crippen LogP) is 6.32. The second-order valence-electron chi connectivity index (χ2n) is 13.2. The number of nitrogens with two attached hydrogens (primary N) is 1. The molecule has 3 N–H and O–H groups in total. The standard InChI is InChI=1S/C34H37F4N5O2/c1-3-22-25(36)7-6-19-12-21(39)13-23(27(19)22)28-26(37)14-24-30(29(28)38)40-32(41-31(24)42-10-4-8-33(2,44)17-42)45-18-34-9-5-11-43(34)16-20(35)15-34/h6-7,12-14,20,44H,3-5,8-11,15-18,39H2,1-2H3/t20-,33-,34+/m1/s1. The molecule has 3 atom stereocenters. The molecule has 0 unspecified atom stereocenters. The molecule has 3 aliphatic rings. The van der Waals surface area contributed by atoms with Crippen molar-refractivity contribution in [2.24, 2.45) is 0 Å². The molecule has 3 aromatic carbocycles. The Hall–Kier alpha value is -3.70. The summed E-state index contributed by atoms with van der Waals surface area (Å²) < 4.78 is 68.6. The van der Waals surface area contributed by atoms with E-state index in [1.54, 1.807) is 30.9 Å². The minimum absolute atomic E-state index is 0.111. The average molecular weight is 624 g/mol. The highest BCUT2D eigenvalue weighted by Gasteiger charge is 2.49. The lowest BCUT2D eigenvalue weighted by molar-refractivity contribution is 0.0447. The van der Waals surface area contributed by atoms with Gasteiger partial charge < -0.3 is 20.5 Å². The third kappa shape index (κ3) is 5.13. The topological polar surface area (TPSA) is 87.7 Å². The number of hydrogen-bond donors (Lipinski definition) is 2. The molecule has 4 aromatic rings. The summed E-state index contributed by atoms with van der Waals surface area (Å²) in [5.41, 5.74) is 4.85. The summed E-state index contributed by atoms with van der Waals surface area (Å²) in [7, 11) is 0. The van der Waals surface area contributed by atoms with Crippen LogP contribution in [-0.2, 0) is 6.42 Å². The molecular formula is C34H37F4N5O2. The highest BCUT2D eigenvalue weighted by molar-refractivity contribution is 6.04. The maximum absolute atomic E-state index is 16.9. The van der Waals surface area contributed by atoms with Gasteiger partial charge in [-0.1, -0.05) is 13.0 Å². The van der Waals surface area contributed by atoms with Crippen LogP contribution in [0.1, 0.15) is 51.5 Å². The normalized spacial score (nSPS) is 25.4. The van der Waals surface area contributed by atoms with E-state index in [9.17, 15) is 13.9 Å². The Kier molecular flexibility index (Phi) is 7.31. The molecule has 1 aromatic heterocycles. The van der Waals surface area contributed by atoms with E-state index >= 15 is 8.78 Å². The third-order valence-electron chi connectivity index (χ3n) is 9.86. The van der Waals surface area contributed by atoms with Crippen LogP contribution in [0.2, 0.25) is 0 Å². The zero-order valence-corrected chi connectivity index (χ0v) is 25.5. The number of fused-ring (bicyclic) bond motifs is 3. The van der Waals surface area contributed by atoms with Crippen molar-refractivity contribution < 1.29 is 27.4 Å². The molecule has 3 aliphatic heterocycles. The highest BCUT2D eigenvalue weighted by atomic mass is 19.1. The fraction of sp³-hybridized carbons (Fsp3) is 0.471. The Morgan fingerprint density at radius 1 is 1.07 bits per heavy atom. The average Bonchev–Trinajstić information content (AvgIpc) is 3.51. The van der Waals surface area contributed by atoms with Crippen LogP contribution in [0.3, 0.4) is 0 Å². The van der Waals surface area contributed by atoms with Crippen LogP contribution in [0.15, 0.2) is 30.3 Å². The molecule has 0 spiro atoms. The second kappa shape index (κ2) is 11.0. The molecule has 0 amide bonds. The number of aryl methyl sites for hydroxylation is 1. The summed E-state index contributed by atoms with van der Waals surface area (Å²) in [5.74, 6) is -2.06. The molecule has 7 rings (SSSR count). The molecule has 7 nitrogen and oxygen atoms in total. The first kappa shape index (κ1) is 30.0. The Labute approximate surface area is 259 Å². The van der Waals surface area contributed by atoms with Crippen molar-refractivity contribution in [3.05, 3.63) is 53.3 Å². The number of nitrogens with zero attached hydrogens (tertiary/aromatic N) is 4. The minimum atomic E-state index is -1.03. The van der Waals surface area contributed by atoms with Crippen LogP contribution in [0.4, 0.5) is 29.1 Å². The van der Waals surface area contributed by atoms with Crippen LogP contribution in [-0.4, -0.2) is 70.1 Å². The molecule has 3 fully saturated rings. The number of aromatic nitrogens is 2. The number of rotatable bonds is 6. The summed E-state index contributed by atoms with van der Waals surface area (Å²) in [6.45, 7) is 5.46. The van der Waals surface area contributed by atoms with E-state index in [-0.39, 0.29) is 52.7 Å². The quantitative estimate of drug-likeness (QED) is 0.192. The zero-order chi connectivity index (χ0) is 31.7. The highest BCUT2D eigenvalue weighted by Crippen LogP contribution is 2.43. The predicted molar refractivity (Wildman–Crippen MR) is 167 cm³/mol. The molecule has 45 heavy (non-hydrogen) atoms. The van der Waals surface area contributed by atoms with Gasteiger partial charge in [-0.15, -0.1) is 0 Å². The molecule has 238 valence electrons. The van der Waals surface area contributed by atoms with Crippen molar-refractivity contribution in [1.29, 1.82) is 0 Å². The fourth-order valence-corrected chi connectivity index (χ4v) is 7.84. The fourth-order valence-electron chi connectivity index (χ4n) is 7.84. The van der Waals surface area contributed by atoms with Crippen LogP contribution in [0.5, 0.6) is 6.01 Å². The molecule has 11 heteroatoms. The Morgan fingerprint density at radius 3 is 2.64 bits per heavy atom. The van der Waals surface area contributed by atoms with Crippen molar-refractivity contribution >= 4 is 33.2 Å². The summed E-state index contributed by atoms with van der Waals surface area (Å²) in [6, 6.07) is 7.06. The van der Waals surface area contributed by atoms with E-state index in [0.717, 1.165) is 19.4 Å². The third-order valence-corrected chi connectivity index (χ3v) is 9.86. The number of ether oxygens (including phenoxy) is 1. The van der Waals surface area contributed by atoms with Gasteiger partial charge in [-0.3, -0.25) is 4.90 Å². The van der Waals surface area contributed by atoms with Crippen molar-refractivity contribution in [2.45, 2.75) is 69.7 Å². The van der Waals surface area contributed by atoms with Gasteiger partial charge in [0.25, 0.3) is 0 Å². The van der Waals surface area contributed by atoms with E-state index in [2.05, 4.69) is 14.9 Å². The number of alkyl halides is 1. The number of nitrogen functional groups attached to an aromatic ring is 1. The Balaban J connectivity index is 1.41. The van der Waals surface area contributed by atoms with E-state index in [0.29, 0.717) is 55.1 Å². The van der Waals surface area contributed by atoms with Gasteiger partial charge in [-0.25, -0.2) is 17.6 Å². The summed E-state index contributed by atoms with van der Waals surface area (Å²) in [6.07, 6.45) is 2.60. The maximum Gasteiger partial charge on any atom is 0.319 e. The van der Waals surface area contributed by atoms with E-state index in [1.165, 1.54) is 18.2 Å². The second-order valence-corrected chi connectivity index (χ2v) is 13.2. The van der Waals surface area contributed by atoms with Gasteiger partial charge in [0.05, 0.1) is 16.7 Å². The molecular weight excluding hydrogens is 586 g/mol. The smallest absolute Gasteiger partial charge is 0.319 e. The molecule has 4 heterocycles. The maximum atomic E-state index is 16.9. The number of hydrogen-bond acceptors (Lipinski definition) is 7. The number of piperidine rings is 1. The molecule has 0 aliphatic carbocycles. The van der Waals surface area contributed by atoms with Gasteiger partial charge in [0.2, 0.25) is 0 Å². The van der Waals surface area contributed by atoms with Gasteiger partial charge in [0.1, 0.15) is 35.7 Å². The van der Waals surface area contributed by atoms with Crippen LogP contribution >= 0.6 is 0 Å². The number of β-amino-alcohol motifs (C(OH)–C–C–N with tert-alkyl or cyclic N) is 1. The van der Waals surface area contributed by atoms with Crippen molar-refractivity contribution in [3.63, 3.8) is 0 Å². The minimum Gasteiger partial charge on any atom is -0.461 e. The molecule has 3 saturated heterocycles. The number of halogens is 4. The summed E-state index contributed by atoms with van der Waals surface area (Å²) >= 11 is 0. The Morgan fingerprint density at radius 2 is 1.87 bits per heavy atom. The van der Waals surface area contributed by atoms with Crippen molar-refractivity contribution in [1.82, 2.24) is 14.9 Å². The first-order valence-electron chi connectivity index (χ1n) is 15.7. The largest absolute Gasteiger partial charge is 0.461 e. The molecule has 0 radical (unpaired) electrons. The van der Waals surface area contributed by atoms with E-state index in [4.69, 9.17) is 10.5 Å². The van der Waals surface area contributed by atoms with Gasteiger partial charge in [-0.05, 0) is 91.7 Å². The van der Waals surface area contributed by atoms with E-state index < -0.39 is 34.8 Å². The van der Waals surface area contributed by atoms with Crippen LogP contribution in [0, 0.1) is 17.5 Å². The SMILES string of the molecule is CCc1c(F)ccc2cc(N)cc(-c3c(F)cc4c(N5CCC[C@@](C)(O)C5)nc(OC[C@@]56CCCN5C[C@H](F)C6)nc4c3F)c12. The first-order chi connectivity index (χ1) is 21.5. The van der Waals surface area contributed by atoms with Crippen LogP contribution in [0.25, 0.3) is 32.8 Å². The van der Waals surface area contributed by atoms with Gasteiger partial charge in [0.15, 0.2) is 5.82 Å². The summed E-state index contributed by atoms with van der Waals surface area (Å²) in [4.78, 5) is 13.0. The van der Waals surface area contributed by atoms with Crippen molar-refractivity contribution in [3.8, 4) is 17.1 Å². The summed E-state index contributed by atoms with van der Waals surface area (Å²) in [5, 5.41) is 11.9. The van der Waals surface area contributed by atoms with Crippen LogP contribution < -0.4 is 15.4 Å². The number of aliphatic hydroxyl groups is 1. The van der Waals surface area contributed by atoms with Gasteiger partial charge >= 0.3 is 6.01 Å². The zero-order valence-electron chi connectivity index (χ0n) is 25.5. The lowest BCUT2D eigenvalue weighted by atomic mass is 9.91. The molecule has 0 saturated carbocycles. The first-order valence-corrected chi connectivity index (χ1v) is 15.7. The Bertz CT molecular complexity index is 1820. The van der Waals surface area contributed by atoms with Gasteiger partial charge in [0, 0.05) is 37.1 Å². The van der Waals surface area contributed by atoms with Gasteiger partial charge in [-0.2, -0.15) is 9.97 Å². The lowest BCUT2D eigenvalue weighted by Crippen LogP contribution is -2.46. The molecule has 0 bridgehead atoms. The number of anilines is 2.